The molecule has 0 saturated carbocycles. The molecule has 0 bridgehead atoms. The first kappa shape index (κ1) is 109. The highest BCUT2D eigenvalue weighted by molar-refractivity contribution is 5.95. The Morgan fingerprint density at radius 3 is 1.15 bits per heavy atom. The first-order chi connectivity index (χ1) is 59.4. The number of esters is 1. The monoisotopic (exact) mass is 1830 g/mol. The number of aliphatic hydroxyl groups is 7. The molecule has 31 unspecified atom stereocenters. The smallest absolute Gasteiger partial charge is 0.326 e. The fourth-order valence-corrected chi connectivity index (χ4v) is 13.5. The van der Waals surface area contributed by atoms with E-state index in [1.165, 1.54) is 0 Å². The van der Waals surface area contributed by atoms with E-state index in [1.807, 2.05) is 0 Å². The van der Waals surface area contributed by atoms with Crippen molar-refractivity contribution in [3.63, 3.8) is 0 Å². The maximum absolute atomic E-state index is 14.6. The Hall–Kier alpha value is -10.3. The molecular weight excluding hydrogens is 1710 g/mol. The van der Waals surface area contributed by atoms with E-state index >= 15 is 0 Å². The van der Waals surface area contributed by atoms with Crippen LogP contribution in [-0.4, -0.2) is 368 Å². The second kappa shape index (κ2) is 51.7. The Kier molecular flexibility index (Phi) is 44.4. The fraction of sp³-hybridized carbons (Fsp3) is 0.753. The van der Waals surface area contributed by atoms with E-state index in [9.17, 15) is 132 Å². The van der Waals surface area contributed by atoms with E-state index in [1.54, 1.807) is 0 Å². The number of carboxylic acid groups (broad SMARTS) is 2. The van der Waals surface area contributed by atoms with Crippen molar-refractivity contribution in [2.45, 2.75) is 323 Å². The number of carbonyl (C=O) groups is 18. The molecule has 54 heteroatoms. The number of aliphatic hydroxyl groups excluding tert-OH is 7. The van der Waals surface area contributed by atoms with Crippen molar-refractivity contribution < 1.29 is 180 Å². The molecule has 0 spiro atoms. The number of amides is 15. The maximum Gasteiger partial charge on any atom is 0.326 e. The molecule has 4 saturated heterocycles. The van der Waals surface area contributed by atoms with E-state index < -0.39 is 348 Å². The highest BCUT2D eigenvalue weighted by Crippen LogP contribution is 2.37. The van der Waals surface area contributed by atoms with Gasteiger partial charge in [-0.25, -0.2) is 4.79 Å². The van der Waals surface area contributed by atoms with Gasteiger partial charge in [0, 0.05) is 47.5 Å². The van der Waals surface area contributed by atoms with Crippen LogP contribution in [0.4, 0.5) is 0 Å². The number of hydrogen-bond acceptors (Lipinski definition) is 37. The SMILES string of the molecule is CC(=O)NC1C(OC2C(COC(C)=O)OC(OC3C(CO)OC(OC4C(CO)OC(O)C(NC(C)=O)C4OC(C)C(=O)NC(C)C(=O)NC(CCC(=O)NC(CCCC(N)C(N)=O)C(=O)O)C(N)=O)C(NC(C)=O)C3O)C(NC(C)=O)C2OC(C)C(=O)NC(C)C(=O)NC(CCC(=O)NC(CCCC(N)C(N)=O)C(=O)NC(C)C(=O)O)C(N)=O)OC(CO)C(O)C1O. The summed E-state index contributed by atoms with van der Waals surface area (Å²) in [7, 11) is 0. The maximum atomic E-state index is 14.6. The van der Waals surface area contributed by atoms with Gasteiger partial charge in [-0.05, 0) is 86.0 Å². The number of nitrogens with one attached hydrogen (secondary N) is 11. The number of carboxylic acids is 2. The average molecular weight is 1830 g/mol. The number of aliphatic carboxylic acids is 2. The van der Waals surface area contributed by atoms with Crippen LogP contribution < -0.4 is 92.9 Å². The summed E-state index contributed by atoms with van der Waals surface area (Å²) in [5, 5.41) is 124. The Morgan fingerprint density at radius 1 is 0.362 bits per heavy atom. The highest BCUT2D eigenvalue weighted by atomic mass is 16.8. The minimum atomic E-state index is -2.29. The lowest BCUT2D eigenvalue weighted by Gasteiger charge is -2.52. The van der Waals surface area contributed by atoms with Gasteiger partial charge in [0.15, 0.2) is 25.2 Å². The summed E-state index contributed by atoms with van der Waals surface area (Å²) in [5.41, 5.74) is 32.9. The van der Waals surface area contributed by atoms with Crippen LogP contribution >= 0.6 is 0 Å². The molecule has 720 valence electrons. The van der Waals surface area contributed by atoms with Crippen molar-refractivity contribution in [2.75, 3.05) is 26.4 Å². The summed E-state index contributed by atoms with van der Waals surface area (Å²) in [5.74, 6) is -19.1. The number of rotatable bonds is 51. The molecule has 0 aromatic rings. The third-order valence-electron chi connectivity index (χ3n) is 20.4. The number of primary amides is 4. The van der Waals surface area contributed by atoms with Gasteiger partial charge in [-0.2, -0.15) is 0 Å². The lowest BCUT2D eigenvalue weighted by atomic mass is 9.92. The van der Waals surface area contributed by atoms with Crippen LogP contribution in [-0.2, 0) is 134 Å². The molecule has 54 nitrogen and oxygen atoms in total. The lowest BCUT2D eigenvalue weighted by molar-refractivity contribution is -0.366. The van der Waals surface area contributed by atoms with Crippen molar-refractivity contribution in [1.29, 1.82) is 0 Å². The summed E-state index contributed by atoms with van der Waals surface area (Å²) >= 11 is 0. The molecule has 31 atom stereocenters. The zero-order valence-electron chi connectivity index (χ0n) is 71.2. The second-order valence-corrected chi connectivity index (χ2v) is 30.7. The lowest BCUT2D eigenvalue weighted by Crippen LogP contribution is -2.72. The van der Waals surface area contributed by atoms with Crippen molar-refractivity contribution in [2.24, 2.45) is 34.4 Å². The standard InChI is InChI=1S/C73H121N17O37/c1-25(63(108)90-38(62(79)107)18-20-46(100)88-40(69(115)116)16-12-14-36(75)60(77)105)80-65(110)28(4)119-57-49(85-32(8)96)70(117)121-43(23-93)55(57)126-72-48(84-31(7)95)53(103)54(42(22-92)123-72)125-73-50(86-33(9)97)58(56(44(124-73)24-118-34(10)98)127-71-47(83-30(6)94)52(102)51(101)41(21-91)122-71)120-29(5)66(111)81-26(2)64(109)89-37(61(78)106)17-19-45(99)87-39(15-11-13-35(74)59(76)104)67(112)82-27(3)68(113)114/h25-29,35-44,47-58,70-73,91-93,101-103,117H,11-24,74-75H2,1-10H3,(H2,76,104)(H2,77,105)(H2,78,106)(H2,79,107)(H,80,110)(H,81,111)(H,82,112)(H,83,94)(H,84,95)(H,85,96)(H,86,97)(H,87,99)(H,88,100)(H,89,109)(H,90,108)(H,113,114)(H,115,116). The molecule has 4 aliphatic heterocycles. The van der Waals surface area contributed by atoms with E-state index in [2.05, 4.69) is 58.5 Å². The van der Waals surface area contributed by atoms with E-state index in [-0.39, 0.29) is 38.5 Å². The zero-order valence-corrected chi connectivity index (χ0v) is 71.2. The molecule has 32 N–H and O–H groups in total. The molecule has 15 amide bonds. The molecule has 4 fully saturated rings. The van der Waals surface area contributed by atoms with E-state index in [0.29, 0.717) is 0 Å². The van der Waals surface area contributed by atoms with Crippen LogP contribution in [0.25, 0.3) is 0 Å². The predicted molar refractivity (Wildman–Crippen MR) is 421 cm³/mol. The summed E-state index contributed by atoms with van der Waals surface area (Å²) in [6.45, 7) is 5.97. The summed E-state index contributed by atoms with van der Waals surface area (Å²) in [6, 6.07) is -20.7. The number of nitrogens with two attached hydrogens (primary N) is 6. The number of carbonyl (C=O) groups excluding carboxylic acids is 16. The largest absolute Gasteiger partial charge is 0.480 e. The van der Waals surface area contributed by atoms with Gasteiger partial charge >= 0.3 is 17.9 Å². The van der Waals surface area contributed by atoms with Crippen LogP contribution in [0.3, 0.4) is 0 Å². The van der Waals surface area contributed by atoms with Gasteiger partial charge in [0.1, 0.15) is 159 Å². The minimum absolute atomic E-state index is 0.00565. The molecule has 4 aliphatic rings. The normalized spacial score (nSPS) is 28.4. The van der Waals surface area contributed by atoms with Gasteiger partial charge in [-0.15, -0.1) is 0 Å². The molecule has 127 heavy (non-hydrogen) atoms. The predicted octanol–water partition coefficient (Wildman–Crippen LogP) is -14.7. The third kappa shape index (κ3) is 33.7. The first-order valence-corrected chi connectivity index (χ1v) is 40.3. The topological polar surface area (TPSA) is 870 Å². The van der Waals surface area contributed by atoms with Gasteiger partial charge in [0.05, 0.1) is 31.9 Å². The van der Waals surface area contributed by atoms with Crippen molar-refractivity contribution in [3.05, 3.63) is 0 Å². The minimum Gasteiger partial charge on any atom is -0.480 e. The summed E-state index contributed by atoms with van der Waals surface area (Å²) < 4.78 is 61.7. The third-order valence-corrected chi connectivity index (χ3v) is 20.4. The van der Waals surface area contributed by atoms with Gasteiger partial charge < -0.3 is 186 Å². The molecule has 0 radical (unpaired) electrons. The summed E-state index contributed by atoms with van der Waals surface area (Å²) in [4.78, 5) is 233. The van der Waals surface area contributed by atoms with Gasteiger partial charge in [0.2, 0.25) is 88.6 Å². The molecular formula is C73H121N17O37. The Bertz CT molecular complexity index is 3820. The van der Waals surface area contributed by atoms with E-state index in [0.717, 1.165) is 69.2 Å². The van der Waals surface area contributed by atoms with Gasteiger partial charge in [-0.3, -0.25) is 81.5 Å². The molecule has 0 aliphatic carbocycles. The van der Waals surface area contributed by atoms with Crippen molar-refractivity contribution in [3.8, 4) is 0 Å². The highest BCUT2D eigenvalue weighted by Gasteiger charge is 2.58. The van der Waals surface area contributed by atoms with Crippen LogP contribution in [0.1, 0.15) is 133 Å². The Labute approximate surface area is 725 Å². The summed E-state index contributed by atoms with van der Waals surface area (Å²) in [6.07, 6.45) is -38.6. The van der Waals surface area contributed by atoms with E-state index in [4.69, 9.17) is 81.8 Å². The van der Waals surface area contributed by atoms with Crippen molar-refractivity contribution in [1.82, 2.24) is 58.5 Å². The fourth-order valence-electron chi connectivity index (χ4n) is 13.5. The Balaban J connectivity index is 1.74. The first-order valence-electron chi connectivity index (χ1n) is 40.3. The molecule has 0 aromatic carbocycles. The van der Waals surface area contributed by atoms with Crippen LogP contribution in [0.5, 0.6) is 0 Å². The average Bonchev–Trinajstić information content (AvgIpc) is 0.754. The zero-order chi connectivity index (χ0) is 96.0. The quantitative estimate of drug-likeness (QED) is 0.0252. The van der Waals surface area contributed by atoms with Crippen molar-refractivity contribution >= 4 is 107 Å². The number of ether oxygens (including phenoxy) is 10. The van der Waals surface area contributed by atoms with Gasteiger partial charge in [0.25, 0.3) is 0 Å². The Morgan fingerprint density at radius 2 is 0.732 bits per heavy atom. The number of hydrogen-bond donors (Lipinski definition) is 26. The molecule has 4 rings (SSSR count). The second-order valence-electron chi connectivity index (χ2n) is 30.7. The van der Waals surface area contributed by atoms with Crippen LogP contribution in [0, 0.1) is 0 Å². The van der Waals surface area contributed by atoms with Crippen LogP contribution in [0.2, 0.25) is 0 Å². The molecule has 0 aromatic heterocycles. The molecule has 4 heterocycles. The van der Waals surface area contributed by atoms with Gasteiger partial charge in [-0.1, -0.05) is 0 Å². The van der Waals surface area contributed by atoms with Crippen LogP contribution in [0.15, 0.2) is 0 Å².